The van der Waals surface area contributed by atoms with Gasteiger partial charge in [-0.2, -0.15) is 0 Å². The Labute approximate surface area is 130 Å². The summed E-state index contributed by atoms with van der Waals surface area (Å²) >= 11 is 0. The molecule has 1 unspecified atom stereocenters. The summed E-state index contributed by atoms with van der Waals surface area (Å²) in [5, 5.41) is 8.92. The predicted octanol–water partition coefficient (Wildman–Crippen LogP) is 1.19. The van der Waals surface area contributed by atoms with Crippen LogP contribution < -0.4 is 0 Å². The van der Waals surface area contributed by atoms with Crippen molar-refractivity contribution in [2.24, 2.45) is 22.2 Å². The van der Waals surface area contributed by atoms with Crippen LogP contribution in [-0.2, 0) is 19.1 Å². The molecular weight excluding hydrogens is 286 g/mol. The number of methoxy groups -OCH3 is 1. The van der Waals surface area contributed by atoms with E-state index in [4.69, 9.17) is 9.84 Å². The van der Waals surface area contributed by atoms with Crippen molar-refractivity contribution in [2.75, 3.05) is 20.3 Å². The molecule has 1 aliphatic rings. The number of aliphatic imine (C=N–C) groups is 1. The normalized spacial score (nSPS) is 25.2. The Hall–Kier alpha value is -1.56. The van der Waals surface area contributed by atoms with E-state index >= 15 is 0 Å². The third-order valence-electron chi connectivity index (χ3n) is 3.99. The number of carbonyl (C=O) groups excluding carboxylic acids is 3. The maximum Gasteiger partial charge on any atom is 0.316 e. The predicted molar refractivity (Wildman–Crippen MR) is 81.7 cm³/mol. The molecule has 0 aromatic rings. The molecular formula is C16H25NO5. The van der Waals surface area contributed by atoms with Gasteiger partial charge in [0, 0.05) is 12.1 Å². The van der Waals surface area contributed by atoms with E-state index in [9.17, 15) is 14.4 Å². The molecule has 0 aliphatic heterocycles. The summed E-state index contributed by atoms with van der Waals surface area (Å²) in [6.07, 6.45) is 1.36. The summed E-state index contributed by atoms with van der Waals surface area (Å²) in [6, 6.07) is 0. The maximum atomic E-state index is 12.8. The van der Waals surface area contributed by atoms with Crippen LogP contribution >= 0.6 is 0 Å². The van der Waals surface area contributed by atoms with Gasteiger partial charge in [-0.15, -0.1) is 0 Å². The highest BCUT2D eigenvalue weighted by molar-refractivity contribution is 6.26. The molecule has 2 atom stereocenters. The van der Waals surface area contributed by atoms with Crippen molar-refractivity contribution in [1.29, 1.82) is 0 Å². The fourth-order valence-corrected chi connectivity index (χ4v) is 3.03. The van der Waals surface area contributed by atoms with Crippen molar-refractivity contribution >= 4 is 23.2 Å². The molecule has 6 heteroatoms. The van der Waals surface area contributed by atoms with Crippen LogP contribution in [0.3, 0.4) is 0 Å². The number of Topliss-reactive ketones (excluding diaryl/α,β-unsaturated/α-hetero) is 2. The zero-order valence-electron chi connectivity index (χ0n) is 13.7. The molecule has 0 aromatic carbocycles. The second-order valence-electron chi connectivity index (χ2n) is 6.27. The number of nitrogens with zero attached hydrogens (tertiary/aromatic N) is 1. The summed E-state index contributed by atoms with van der Waals surface area (Å²) in [5.41, 5.74) is -0.289. The first-order chi connectivity index (χ1) is 10.3. The third-order valence-corrected chi connectivity index (χ3v) is 3.99. The number of carbonyl (C=O) groups is 3. The van der Waals surface area contributed by atoms with E-state index in [0.717, 1.165) is 6.42 Å². The number of hydrogen-bond donors (Lipinski definition) is 1. The first-order valence-electron chi connectivity index (χ1n) is 7.58. The topological polar surface area (TPSA) is 93.0 Å². The molecule has 124 valence electrons. The quantitative estimate of drug-likeness (QED) is 0.452. The highest BCUT2D eigenvalue weighted by Gasteiger charge is 2.52. The molecule has 22 heavy (non-hydrogen) atoms. The Kier molecular flexibility index (Phi) is 6.41. The minimum Gasteiger partial charge on any atom is -0.468 e. The van der Waals surface area contributed by atoms with Gasteiger partial charge in [0.25, 0.3) is 0 Å². The fourth-order valence-electron chi connectivity index (χ4n) is 3.03. The molecule has 1 fully saturated rings. The lowest BCUT2D eigenvalue weighted by Crippen LogP contribution is -2.52. The van der Waals surface area contributed by atoms with Gasteiger partial charge in [-0.05, 0) is 11.8 Å². The molecule has 1 rings (SSSR count). The Morgan fingerprint density at radius 1 is 1.41 bits per heavy atom. The van der Waals surface area contributed by atoms with Gasteiger partial charge >= 0.3 is 5.97 Å². The van der Waals surface area contributed by atoms with E-state index in [1.807, 2.05) is 6.92 Å². The SMILES string of the molecule is CCCC(=NCCO)C1C(=O)CC(C)(C)[C@H](C(=O)OC)C1=O. The average Bonchev–Trinajstić information content (AvgIpc) is 2.42. The molecule has 0 radical (unpaired) electrons. The molecule has 0 bridgehead atoms. The van der Waals surface area contributed by atoms with Gasteiger partial charge in [-0.3, -0.25) is 19.4 Å². The summed E-state index contributed by atoms with van der Waals surface area (Å²) in [6.45, 7) is 5.39. The standard InChI is InChI=1S/C16H25NO5/c1-5-6-10(17-7-8-18)12-11(19)9-16(2,3)13(14(12)20)15(21)22-4/h12-13,18H,5-9H2,1-4H3/t12?,13-/m0/s1. The van der Waals surface area contributed by atoms with E-state index < -0.39 is 29.0 Å². The number of hydrogen-bond acceptors (Lipinski definition) is 6. The molecule has 6 nitrogen and oxygen atoms in total. The van der Waals surface area contributed by atoms with Gasteiger partial charge in [-0.25, -0.2) is 0 Å². The van der Waals surface area contributed by atoms with E-state index in [0.29, 0.717) is 12.1 Å². The van der Waals surface area contributed by atoms with Gasteiger partial charge in [-0.1, -0.05) is 27.2 Å². The van der Waals surface area contributed by atoms with Gasteiger partial charge in [0.05, 0.1) is 20.3 Å². The zero-order chi connectivity index (χ0) is 16.9. The van der Waals surface area contributed by atoms with Crippen LogP contribution in [0.5, 0.6) is 0 Å². The molecule has 0 saturated heterocycles. The summed E-state index contributed by atoms with van der Waals surface area (Å²) < 4.78 is 4.75. The summed E-state index contributed by atoms with van der Waals surface area (Å²) in [4.78, 5) is 41.4. The van der Waals surface area contributed by atoms with Crippen LogP contribution in [0.1, 0.15) is 40.0 Å². The minimum absolute atomic E-state index is 0.130. The maximum absolute atomic E-state index is 12.8. The summed E-state index contributed by atoms with van der Waals surface area (Å²) in [7, 11) is 1.24. The highest BCUT2D eigenvalue weighted by atomic mass is 16.5. The van der Waals surface area contributed by atoms with Crippen LogP contribution in [-0.4, -0.2) is 48.6 Å². The number of esters is 1. The van der Waals surface area contributed by atoms with Gasteiger partial charge in [0.15, 0.2) is 5.78 Å². The lowest BCUT2D eigenvalue weighted by molar-refractivity contribution is -0.159. The molecule has 1 aliphatic carbocycles. The van der Waals surface area contributed by atoms with Crippen molar-refractivity contribution in [3.63, 3.8) is 0 Å². The lowest BCUT2D eigenvalue weighted by atomic mass is 9.63. The van der Waals surface area contributed by atoms with Crippen LogP contribution in [0.2, 0.25) is 0 Å². The number of aliphatic hydroxyl groups excluding tert-OH is 1. The first-order valence-corrected chi connectivity index (χ1v) is 7.58. The third kappa shape index (κ3) is 3.80. The number of ether oxygens (including phenoxy) is 1. The van der Waals surface area contributed by atoms with Crippen molar-refractivity contribution < 1.29 is 24.2 Å². The second-order valence-corrected chi connectivity index (χ2v) is 6.27. The second kappa shape index (κ2) is 7.63. The Balaban J connectivity index is 3.21. The smallest absolute Gasteiger partial charge is 0.316 e. The number of aliphatic hydroxyl groups is 1. The van der Waals surface area contributed by atoms with Gasteiger partial charge in [0.1, 0.15) is 17.6 Å². The van der Waals surface area contributed by atoms with Crippen molar-refractivity contribution in [3.8, 4) is 0 Å². The van der Waals surface area contributed by atoms with Crippen LogP contribution in [0.15, 0.2) is 4.99 Å². The minimum atomic E-state index is -0.983. The number of rotatable bonds is 6. The number of ketones is 2. The van der Waals surface area contributed by atoms with E-state index in [-0.39, 0.29) is 25.4 Å². The van der Waals surface area contributed by atoms with Gasteiger partial charge in [0.2, 0.25) is 0 Å². The van der Waals surface area contributed by atoms with Crippen molar-refractivity contribution in [2.45, 2.75) is 40.0 Å². The van der Waals surface area contributed by atoms with Gasteiger partial charge < -0.3 is 9.84 Å². The molecule has 0 aromatic heterocycles. The Morgan fingerprint density at radius 2 is 2.05 bits per heavy atom. The fraction of sp³-hybridized carbons (Fsp3) is 0.750. The van der Waals surface area contributed by atoms with Crippen LogP contribution in [0.25, 0.3) is 0 Å². The molecule has 1 N–H and O–H groups in total. The molecule has 0 amide bonds. The molecule has 0 spiro atoms. The van der Waals surface area contributed by atoms with Crippen LogP contribution in [0.4, 0.5) is 0 Å². The van der Waals surface area contributed by atoms with Crippen molar-refractivity contribution in [1.82, 2.24) is 0 Å². The Bertz CT molecular complexity index is 481. The summed E-state index contributed by atoms with van der Waals surface area (Å²) in [5.74, 6) is -3.19. The molecule has 1 saturated carbocycles. The van der Waals surface area contributed by atoms with E-state index in [2.05, 4.69) is 4.99 Å². The molecule has 0 heterocycles. The largest absolute Gasteiger partial charge is 0.468 e. The van der Waals surface area contributed by atoms with Crippen molar-refractivity contribution in [3.05, 3.63) is 0 Å². The van der Waals surface area contributed by atoms with E-state index in [1.165, 1.54) is 7.11 Å². The average molecular weight is 311 g/mol. The lowest BCUT2D eigenvalue weighted by Gasteiger charge is -2.38. The zero-order valence-corrected chi connectivity index (χ0v) is 13.7. The highest BCUT2D eigenvalue weighted by Crippen LogP contribution is 2.40. The van der Waals surface area contributed by atoms with E-state index in [1.54, 1.807) is 13.8 Å². The van der Waals surface area contributed by atoms with Crippen LogP contribution in [0, 0.1) is 17.3 Å². The first kappa shape index (κ1) is 18.5. The monoisotopic (exact) mass is 311 g/mol. The Morgan fingerprint density at radius 3 is 2.55 bits per heavy atom.